The van der Waals surface area contributed by atoms with Gasteiger partial charge < -0.3 is 14.6 Å². The van der Waals surface area contributed by atoms with E-state index in [-0.39, 0.29) is 18.8 Å². The third kappa shape index (κ3) is 4.33. The lowest BCUT2D eigenvalue weighted by atomic mass is 10.3. The van der Waals surface area contributed by atoms with Crippen LogP contribution in [0.2, 0.25) is 0 Å². The van der Waals surface area contributed by atoms with Crippen molar-refractivity contribution in [3.63, 3.8) is 0 Å². The molecule has 1 fully saturated rings. The van der Waals surface area contributed by atoms with Crippen LogP contribution >= 0.6 is 0 Å². The molecule has 0 aliphatic carbocycles. The Labute approximate surface area is 87.9 Å². The molecule has 4 heteroatoms. The van der Waals surface area contributed by atoms with Crippen molar-refractivity contribution in [3.05, 3.63) is 12.2 Å². The molecule has 0 radical (unpaired) electrons. The van der Waals surface area contributed by atoms with Crippen LogP contribution in [-0.4, -0.2) is 37.0 Å². The Kier molecular flexibility index (Phi) is 4.43. The van der Waals surface area contributed by atoms with E-state index in [1.807, 2.05) is 0 Å². The minimum atomic E-state index is -0.455. The van der Waals surface area contributed by atoms with Gasteiger partial charge in [-0.05, 0) is 17.9 Å². The molecule has 1 saturated heterocycles. The Morgan fingerprint density at radius 1 is 1.60 bits per heavy atom. The monoisotopic (exact) mass is 206 g/mol. The van der Waals surface area contributed by atoms with Gasteiger partial charge >= 0.3 is 5.97 Å². The van der Waals surface area contributed by atoms with Crippen molar-refractivity contribution in [2.75, 3.05) is 13.7 Å². The highest BCUT2D eigenvalue weighted by atomic mass is 16.6. The lowest BCUT2D eigenvalue weighted by molar-refractivity contribution is -0.134. The van der Waals surface area contributed by atoms with Gasteiger partial charge in [0.2, 0.25) is 0 Å². The highest BCUT2D eigenvalue weighted by Gasteiger charge is 2.36. The van der Waals surface area contributed by atoms with E-state index in [1.165, 1.54) is 19.3 Å². The molecule has 15 heavy (non-hydrogen) atoms. The zero-order valence-corrected chi connectivity index (χ0v) is 8.19. The number of ether oxygens (including phenoxy) is 2. The summed E-state index contributed by atoms with van der Waals surface area (Å²) in [6.45, 7) is -0.0188. The number of carbonyl (C=O) groups is 1. The van der Waals surface area contributed by atoms with Gasteiger partial charge in [-0.2, -0.15) is 0 Å². The normalized spacial score (nSPS) is 22.3. The van der Waals surface area contributed by atoms with Crippen LogP contribution in [0.15, 0.2) is 12.2 Å². The van der Waals surface area contributed by atoms with E-state index >= 15 is 0 Å². The number of esters is 1. The highest BCUT2D eigenvalue weighted by Crippen LogP contribution is 2.19. The first-order valence-corrected chi connectivity index (χ1v) is 4.30. The van der Waals surface area contributed by atoms with Crippen molar-refractivity contribution >= 4 is 5.97 Å². The zero-order chi connectivity index (χ0) is 11.1. The number of methoxy groups -OCH3 is 1. The average molecular weight is 206 g/mol. The molecule has 0 aromatic rings. The molecule has 0 aromatic carbocycles. The van der Waals surface area contributed by atoms with Crippen molar-refractivity contribution in [2.45, 2.75) is 12.2 Å². The van der Waals surface area contributed by atoms with E-state index in [1.54, 1.807) is 0 Å². The van der Waals surface area contributed by atoms with Crippen LogP contribution in [0, 0.1) is 23.7 Å². The quantitative estimate of drug-likeness (QED) is 0.286. The maximum absolute atomic E-state index is 10.6. The second kappa shape index (κ2) is 5.87. The van der Waals surface area contributed by atoms with Crippen LogP contribution < -0.4 is 0 Å². The smallest absolute Gasteiger partial charge is 0.331 e. The number of epoxide rings is 1. The van der Waals surface area contributed by atoms with Crippen LogP contribution in [0.25, 0.3) is 0 Å². The number of hydrogen-bond donors (Lipinski definition) is 1. The first-order chi connectivity index (χ1) is 7.27. The molecule has 0 saturated carbocycles. The average Bonchev–Trinajstić information content (AvgIpc) is 3.01. The van der Waals surface area contributed by atoms with Crippen LogP contribution in [0.4, 0.5) is 0 Å². The minimum Gasteiger partial charge on any atom is -0.466 e. The molecule has 1 aliphatic rings. The Balaban J connectivity index is 2.28. The van der Waals surface area contributed by atoms with Gasteiger partial charge in [0, 0.05) is 6.08 Å². The molecule has 0 unspecified atom stereocenters. The van der Waals surface area contributed by atoms with Gasteiger partial charge in [0.05, 0.1) is 13.7 Å². The molecule has 0 spiro atoms. The maximum Gasteiger partial charge on any atom is 0.331 e. The summed E-state index contributed by atoms with van der Waals surface area (Å²) in [5.74, 6) is 9.86. The topological polar surface area (TPSA) is 59.1 Å². The number of hydrogen-bond acceptors (Lipinski definition) is 4. The van der Waals surface area contributed by atoms with Crippen molar-refractivity contribution in [3.8, 4) is 23.7 Å². The third-order valence-corrected chi connectivity index (χ3v) is 1.62. The van der Waals surface area contributed by atoms with Crippen molar-refractivity contribution in [1.29, 1.82) is 0 Å². The van der Waals surface area contributed by atoms with E-state index in [0.717, 1.165) is 0 Å². The summed E-state index contributed by atoms with van der Waals surface area (Å²) < 4.78 is 9.30. The minimum absolute atomic E-state index is 0.0188. The van der Waals surface area contributed by atoms with E-state index in [4.69, 9.17) is 9.84 Å². The molecule has 0 bridgehead atoms. The lowest BCUT2D eigenvalue weighted by Gasteiger charge is -1.84. The van der Waals surface area contributed by atoms with Crippen LogP contribution in [0.1, 0.15) is 0 Å². The highest BCUT2D eigenvalue weighted by molar-refractivity contribution is 5.82. The van der Waals surface area contributed by atoms with Crippen LogP contribution in [0.5, 0.6) is 0 Å². The fourth-order valence-corrected chi connectivity index (χ4v) is 0.771. The van der Waals surface area contributed by atoms with E-state index in [0.29, 0.717) is 0 Å². The van der Waals surface area contributed by atoms with Gasteiger partial charge in [0.25, 0.3) is 0 Å². The summed E-state index contributed by atoms with van der Waals surface area (Å²) in [6.07, 6.45) is 2.20. The maximum atomic E-state index is 10.6. The first kappa shape index (κ1) is 11.3. The Morgan fingerprint density at radius 3 is 3.00 bits per heavy atom. The largest absolute Gasteiger partial charge is 0.466 e. The molecule has 1 aliphatic heterocycles. The predicted molar refractivity (Wildman–Crippen MR) is 52.5 cm³/mol. The van der Waals surface area contributed by atoms with Crippen molar-refractivity contribution in [2.24, 2.45) is 0 Å². The number of aliphatic hydroxyl groups is 1. The molecule has 78 valence electrons. The fourth-order valence-electron chi connectivity index (χ4n) is 0.771. The van der Waals surface area contributed by atoms with E-state index in [9.17, 15) is 4.79 Å². The van der Waals surface area contributed by atoms with Gasteiger partial charge in [0.15, 0.2) is 0 Å². The Bertz CT molecular complexity index is 375. The summed E-state index contributed by atoms with van der Waals surface area (Å²) in [7, 11) is 1.29. The fraction of sp³-hybridized carbons (Fsp3) is 0.364. The van der Waals surface area contributed by atoms with Crippen molar-refractivity contribution < 1.29 is 19.4 Å². The summed E-state index contributed by atoms with van der Waals surface area (Å²) in [5, 5.41) is 8.61. The molecule has 0 aromatic heterocycles. The van der Waals surface area contributed by atoms with Gasteiger partial charge in [-0.1, -0.05) is 11.8 Å². The molecule has 1 N–H and O–H groups in total. The van der Waals surface area contributed by atoms with Gasteiger partial charge in [-0.25, -0.2) is 4.79 Å². The molecular weight excluding hydrogens is 196 g/mol. The number of aliphatic hydroxyl groups excluding tert-OH is 1. The second-order valence-electron chi connectivity index (χ2n) is 2.67. The first-order valence-electron chi connectivity index (χ1n) is 4.30. The summed E-state index contributed by atoms with van der Waals surface area (Å²) in [5.41, 5.74) is 0. The number of rotatable bonds is 2. The molecule has 2 atom stereocenters. The van der Waals surface area contributed by atoms with Gasteiger partial charge in [-0.3, -0.25) is 0 Å². The van der Waals surface area contributed by atoms with Gasteiger partial charge in [-0.15, -0.1) is 0 Å². The molecule has 1 heterocycles. The predicted octanol–water partition coefficient (Wildman–Crippen LogP) is -0.518. The van der Waals surface area contributed by atoms with E-state index < -0.39 is 5.97 Å². The molecule has 1 rings (SSSR count). The van der Waals surface area contributed by atoms with Crippen LogP contribution in [-0.2, 0) is 14.3 Å². The van der Waals surface area contributed by atoms with Crippen molar-refractivity contribution in [1.82, 2.24) is 0 Å². The molecule has 4 nitrogen and oxygen atoms in total. The SMILES string of the molecule is COC(=O)/C=C\C#CC#C[C@@H]1O[C@@H]1CO. The number of carbonyl (C=O) groups excluding carboxylic acids is 1. The zero-order valence-electron chi connectivity index (χ0n) is 8.19. The third-order valence-electron chi connectivity index (χ3n) is 1.62. The Hall–Kier alpha value is -1.75. The van der Waals surface area contributed by atoms with E-state index in [2.05, 4.69) is 28.4 Å². The second-order valence-corrected chi connectivity index (χ2v) is 2.67. The Morgan fingerprint density at radius 2 is 2.40 bits per heavy atom. The summed E-state index contributed by atoms with van der Waals surface area (Å²) >= 11 is 0. The lowest BCUT2D eigenvalue weighted by Crippen LogP contribution is -1.95. The summed E-state index contributed by atoms with van der Waals surface area (Å²) in [4.78, 5) is 10.6. The van der Waals surface area contributed by atoms with Gasteiger partial charge in [0.1, 0.15) is 12.2 Å². The molecular formula is C11H10O4. The number of allylic oxidation sites excluding steroid dienone is 1. The molecule has 0 amide bonds. The summed E-state index contributed by atoms with van der Waals surface area (Å²) in [6, 6.07) is 0. The standard InChI is InChI=1S/C11H10O4/c1-14-11(13)7-5-3-2-4-6-9-10(8-12)15-9/h5,7,9-10,12H,8H2,1H3/b7-5-/t9-,10+/m0/s1. The van der Waals surface area contributed by atoms with Crippen LogP contribution in [0.3, 0.4) is 0 Å².